The van der Waals surface area contributed by atoms with Crippen molar-refractivity contribution >= 4 is 34.5 Å². The van der Waals surface area contributed by atoms with Crippen LogP contribution in [0.5, 0.6) is 0 Å². The number of para-hydroxylation sites is 1. The van der Waals surface area contributed by atoms with Crippen LogP contribution in [0.3, 0.4) is 0 Å². The molecule has 0 aliphatic heterocycles. The fourth-order valence-electron chi connectivity index (χ4n) is 2.02. The number of benzene rings is 1. The lowest BCUT2D eigenvalue weighted by Gasteiger charge is -2.14. The van der Waals surface area contributed by atoms with E-state index in [-0.39, 0.29) is 0 Å². The zero-order valence-electron chi connectivity index (χ0n) is 11.6. The first kappa shape index (κ1) is 15.3. The number of aliphatic carboxylic acids is 1. The van der Waals surface area contributed by atoms with E-state index in [0.29, 0.717) is 23.3 Å². The number of nitrogens with zero attached hydrogens (tertiary/aromatic N) is 1. The first-order valence-electron chi connectivity index (χ1n) is 6.50. The van der Waals surface area contributed by atoms with Crippen molar-refractivity contribution in [3.05, 3.63) is 42.1 Å². The highest BCUT2D eigenvalue weighted by Crippen LogP contribution is 2.16. The lowest BCUT2D eigenvalue weighted by Crippen LogP contribution is -2.41. The van der Waals surface area contributed by atoms with Gasteiger partial charge in [-0.05, 0) is 30.6 Å². The highest BCUT2D eigenvalue weighted by Gasteiger charge is 2.21. The van der Waals surface area contributed by atoms with Gasteiger partial charge in [-0.15, -0.1) is 0 Å². The first-order chi connectivity index (χ1) is 10.1. The molecule has 1 aromatic carbocycles. The molecule has 0 spiro atoms. The van der Waals surface area contributed by atoms with Crippen molar-refractivity contribution in [2.45, 2.75) is 12.5 Å². The van der Waals surface area contributed by atoms with Gasteiger partial charge in [0, 0.05) is 11.6 Å². The van der Waals surface area contributed by atoms with E-state index in [1.807, 2.05) is 18.4 Å². The molecule has 1 heterocycles. The Morgan fingerprint density at radius 1 is 1.33 bits per heavy atom. The number of rotatable bonds is 6. The van der Waals surface area contributed by atoms with Gasteiger partial charge >= 0.3 is 5.97 Å². The maximum atomic E-state index is 12.3. The van der Waals surface area contributed by atoms with Gasteiger partial charge in [-0.2, -0.15) is 11.8 Å². The van der Waals surface area contributed by atoms with Gasteiger partial charge in [0.1, 0.15) is 6.04 Å². The van der Waals surface area contributed by atoms with Gasteiger partial charge in [0.25, 0.3) is 5.91 Å². The number of pyridine rings is 1. The van der Waals surface area contributed by atoms with E-state index in [9.17, 15) is 9.59 Å². The molecule has 5 nitrogen and oxygen atoms in total. The molecule has 21 heavy (non-hydrogen) atoms. The predicted octanol–water partition coefficient (Wildman–Crippen LogP) is 2.17. The monoisotopic (exact) mass is 304 g/mol. The van der Waals surface area contributed by atoms with Crippen LogP contribution in [0.4, 0.5) is 0 Å². The van der Waals surface area contributed by atoms with Crippen LogP contribution in [-0.2, 0) is 4.79 Å². The Bertz CT molecular complexity index is 655. The molecule has 6 heteroatoms. The molecule has 0 fully saturated rings. The SMILES string of the molecule is CSCC[C@@H](NC(=O)c1cccc2cccnc12)C(=O)O. The van der Waals surface area contributed by atoms with Crippen LogP contribution in [0, 0.1) is 0 Å². The van der Waals surface area contributed by atoms with E-state index in [4.69, 9.17) is 5.11 Å². The maximum absolute atomic E-state index is 12.3. The quantitative estimate of drug-likeness (QED) is 0.855. The van der Waals surface area contributed by atoms with Crippen molar-refractivity contribution < 1.29 is 14.7 Å². The smallest absolute Gasteiger partial charge is 0.326 e. The van der Waals surface area contributed by atoms with Crippen molar-refractivity contribution in [3.8, 4) is 0 Å². The number of carboxylic acids is 1. The van der Waals surface area contributed by atoms with Crippen molar-refractivity contribution in [3.63, 3.8) is 0 Å². The highest BCUT2D eigenvalue weighted by atomic mass is 32.2. The predicted molar refractivity (Wildman–Crippen MR) is 83.6 cm³/mol. The maximum Gasteiger partial charge on any atom is 0.326 e. The molecule has 0 unspecified atom stereocenters. The second-order valence-electron chi connectivity index (χ2n) is 4.53. The number of aromatic nitrogens is 1. The molecule has 0 aliphatic rings. The van der Waals surface area contributed by atoms with Crippen molar-refractivity contribution in [1.82, 2.24) is 10.3 Å². The standard InChI is InChI=1S/C15H16N2O3S/c1-21-9-7-12(15(19)20)17-14(18)11-6-2-4-10-5-3-8-16-13(10)11/h2-6,8,12H,7,9H2,1H3,(H,17,18)(H,19,20)/t12-/m1/s1. The summed E-state index contributed by atoms with van der Waals surface area (Å²) in [6.45, 7) is 0. The van der Waals surface area contributed by atoms with Crippen molar-refractivity contribution in [2.24, 2.45) is 0 Å². The number of hydrogen-bond acceptors (Lipinski definition) is 4. The van der Waals surface area contributed by atoms with E-state index in [0.717, 1.165) is 5.39 Å². The number of carboxylic acid groups (broad SMARTS) is 1. The molecule has 0 bridgehead atoms. The van der Waals surface area contributed by atoms with Crippen LogP contribution < -0.4 is 5.32 Å². The Balaban J connectivity index is 2.23. The van der Waals surface area contributed by atoms with Crippen LogP contribution in [0.1, 0.15) is 16.8 Å². The number of hydrogen-bond donors (Lipinski definition) is 2. The summed E-state index contributed by atoms with van der Waals surface area (Å²) >= 11 is 1.55. The van der Waals surface area contributed by atoms with Crippen LogP contribution in [0.2, 0.25) is 0 Å². The minimum atomic E-state index is -1.02. The number of carbonyl (C=O) groups excluding carboxylic acids is 1. The molecule has 1 atom stereocenters. The molecular formula is C15H16N2O3S. The molecule has 2 rings (SSSR count). The number of thioether (sulfide) groups is 1. The second-order valence-corrected chi connectivity index (χ2v) is 5.51. The van der Waals surface area contributed by atoms with E-state index >= 15 is 0 Å². The van der Waals surface area contributed by atoms with E-state index < -0.39 is 17.9 Å². The van der Waals surface area contributed by atoms with Gasteiger partial charge in [-0.1, -0.05) is 18.2 Å². The summed E-state index contributed by atoms with van der Waals surface area (Å²) in [7, 11) is 0. The summed E-state index contributed by atoms with van der Waals surface area (Å²) in [5.74, 6) is -0.760. The third-order valence-electron chi connectivity index (χ3n) is 3.09. The lowest BCUT2D eigenvalue weighted by atomic mass is 10.1. The van der Waals surface area contributed by atoms with Crippen molar-refractivity contribution in [1.29, 1.82) is 0 Å². The summed E-state index contributed by atoms with van der Waals surface area (Å²) in [6.07, 6.45) is 3.90. The summed E-state index contributed by atoms with van der Waals surface area (Å²) in [4.78, 5) is 27.7. The molecule has 0 saturated carbocycles. The van der Waals surface area contributed by atoms with Gasteiger partial charge in [0.05, 0.1) is 11.1 Å². The van der Waals surface area contributed by atoms with Crippen molar-refractivity contribution in [2.75, 3.05) is 12.0 Å². The average molecular weight is 304 g/mol. The van der Waals surface area contributed by atoms with Gasteiger partial charge in [-0.3, -0.25) is 9.78 Å². The number of nitrogens with one attached hydrogen (secondary N) is 1. The fourth-order valence-corrected chi connectivity index (χ4v) is 2.49. The molecule has 0 aliphatic carbocycles. The molecule has 0 saturated heterocycles. The fraction of sp³-hybridized carbons (Fsp3) is 0.267. The van der Waals surface area contributed by atoms with Gasteiger partial charge in [0.15, 0.2) is 0 Å². The van der Waals surface area contributed by atoms with E-state index in [1.54, 1.807) is 36.2 Å². The largest absolute Gasteiger partial charge is 0.480 e. The molecule has 2 N–H and O–H groups in total. The third-order valence-corrected chi connectivity index (χ3v) is 3.74. The topological polar surface area (TPSA) is 79.3 Å². The van der Waals surface area contributed by atoms with Gasteiger partial charge < -0.3 is 10.4 Å². The number of fused-ring (bicyclic) bond motifs is 1. The average Bonchev–Trinajstić information content (AvgIpc) is 2.50. The van der Waals surface area contributed by atoms with Gasteiger partial charge in [0.2, 0.25) is 0 Å². The lowest BCUT2D eigenvalue weighted by molar-refractivity contribution is -0.139. The van der Waals surface area contributed by atoms with Gasteiger partial charge in [-0.25, -0.2) is 4.79 Å². The zero-order valence-corrected chi connectivity index (χ0v) is 12.4. The third kappa shape index (κ3) is 3.72. The van der Waals surface area contributed by atoms with Crippen LogP contribution >= 0.6 is 11.8 Å². The molecule has 110 valence electrons. The first-order valence-corrected chi connectivity index (χ1v) is 7.89. The minimum absolute atomic E-state index is 0.389. The van der Waals surface area contributed by atoms with Crippen LogP contribution in [0.15, 0.2) is 36.5 Å². The van der Waals surface area contributed by atoms with E-state index in [1.165, 1.54) is 0 Å². The second kappa shape index (κ2) is 7.08. The molecule has 1 aromatic heterocycles. The summed E-state index contributed by atoms with van der Waals surface area (Å²) in [5, 5.41) is 12.6. The summed E-state index contributed by atoms with van der Waals surface area (Å²) in [5.41, 5.74) is 0.968. The Labute approximate surface area is 126 Å². The normalized spacial score (nSPS) is 12.0. The number of amides is 1. The Morgan fingerprint density at radius 3 is 2.81 bits per heavy atom. The van der Waals surface area contributed by atoms with Crippen LogP contribution in [-0.4, -0.2) is 40.0 Å². The number of carbonyl (C=O) groups is 2. The molecular weight excluding hydrogens is 288 g/mol. The Kier molecular flexibility index (Phi) is 5.16. The Morgan fingerprint density at radius 2 is 2.10 bits per heavy atom. The van der Waals surface area contributed by atoms with E-state index in [2.05, 4.69) is 10.3 Å². The molecule has 1 amide bonds. The Hall–Kier alpha value is -2.08. The minimum Gasteiger partial charge on any atom is -0.480 e. The zero-order chi connectivity index (χ0) is 15.2. The molecule has 0 radical (unpaired) electrons. The van der Waals surface area contributed by atoms with Crippen LogP contribution in [0.25, 0.3) is 10.9 Å². The molecule has 2 aromatic rings. The summed E-state index contributed by atoms with van der Waals surface area (Å²) in [6, 6.07) is 8.05. The summed E-state index contributed by atoms with van der Waals surface area (Å²) < 4.78 is 0. The highest BCUT2D eigenvalue weighted by molar-refractivity contribution is 7.98.